The van der Waals surface area contributed by atoms with Crippen LogP contribution in [-0.4, -0.2) is 181 Å². The highest BCUT2D eigenvalue weighted by Gasteiger charge is 2.68. The highest BCUT2D eigenvalue weighted by Crippen LogP contribution is 2.70. The number of aliphatic hydroxyl groups excluding tert-OH is 8. The zero-order valence-electron chi connectivity index (χ0n) is 38.4. The minimum Gasteiger partial charge on any atom is -0.461 e. The summed E-state index contributed by atoms with van der Waals surface area (Å²) in [6, 6.07) is 0.766. The molecule has 5 aliphatic heterocycles. The Morgan fingerprint density at radius 2 is 1.41 bits per heavy atom. The van der Waals surface area contributed by atoms with Crippen molar-refractivity contribution in [2.75, 3.05) is 13.2 Å². The van der Waals surface area contributed by atoms with E-state index in [1.807, 2.05) is 0 Å². The van der Waals surface area contributed by atoms with Gasteiger partial charge in [-0.15, -0.1) is 0 Å². The second-order valence-electron chi connectivity index (χ2n) is 21.9. The molecule has 364 valence electrons. The van der Waals surface area contributed by atoms with Crippen molar-refractivity contribution >= 4 is 5.97 Å². The van der Waals surface area contributed by atoms with Crippen LogP contribution in [0.5, 0.6) is 0 Å². The summed E-state index contributed by atoms with van der Waals surface area (Å²) < 4.78 is 42.7. The Morgan fingerprint density at radius 1 is 0.766 bits per heavy atom. The van der Waals surface area contributed by atoms with Gasteiger partial charge in [0.1, 0.15) is 67.1 Å². The van der Waals surface area contributed by atoms with Crippen LogP contribution in [0.25, 0.3) is 0 Å². The van der Waals surface area contributed by atoms with Crippen LogP contribution in [-0.2, 0) is 38.0 Å². The van der Waals surface area contributed by atoms with Crippen molar-refractivity contribution in [3.63, 3.8) is 0 Å². The Morgan fingerprint density at radius 3 is 2.03 bits per heavy atom. The molecule has 5 saturated heterocycles. The highest BCUT2D eigenvalue weighted by atomic mass is 16.8. The van der Waals surface area contributed by atoms with Crippen molar-refractivity contribution in [3.8, 4) is 0 Å². The van der Waals surface area contributed by atoms with E-state index in [0.717, 1.165) is 32.2 Å². The molecule has 0 amide bonds. The Labute approximate surface area is 376 Å². The van der Waals surface area contributed by atoms with Crippen molar-refractivity contribution in [2.24, 2.45) is 46.3 Å². The molecule has 0 aromatic heterocycles. The number of fused-ring (bicyclic) bond motifs is 9. The summed E-state index contributed by atoms with van der Waals surface area (Å²) in [4.78, 5) is 15.0. The molecule has 0 aromatic rings. The summed E-state index contributed by atoms with van der Waals surface area (Å²) in [6.07, 6.45) is -11.9. The van der Waals surface area contributed by atoms with Gasteiger partial charge in [-0.05, 0) is 112 Å². The Bertz CT molecular complexity index is 1720. The normalized spacial score (nSPS) is 56.2. The molecule has 9 aliphatic rings. The molecule has 17 nitrogen and oxygen atoms in total. The molecular weight excluding hydrogens is 835 g/mol. The standard InChI is InChI=1S/C47H75NO16/c1-19-14-30(60-23(5)50)33-20(2)32-29(48(33)17-19)16-28-26-9-8-24-15-25(10-12-46(24,6)27(26)11-13-47(28,32)7)61-45-42(64-44-39(56)37(54)35(52)22(4)59-44)40(57)41(31(18-49)62-45)63-43-38(55)36(53)34(51)21(3)58-43/h8,19-22,25-45,49,51-57H,9-18H2,1-7H3. The number of esters is 1. The molecule has 8 N–H and O–H groups in total. The van der Waals surface area contributed by atoms with Gasteiger partial charge in [0.2, 0.25) is 0 Å². The third kappa shape index (κ3) is 7.85. The van der Waals surface area contributed by atoms with Gasteiger partial charge in [-0.3, -0.25) is 9.69 Å². The minimum atomic E-state index is -1.71. The largest absolute Gasteiger partial charge is 0.461 e. The molecule has 0 bridgehead atoms. The summed E-state index contributed by atoms with van der Waals surface area (Å²) in [5, 5.41) is 86.1. The van der Waals surface area contributed by atoms with Gasteiger partial charge in [0.25, 0.3) is 0 Å². The number of piperidine rings is 1. The van der Waals surface area contributed by atoms with Crippen LogP contribution in [0.1, 0.15) is 99.8 Å². The summed E-state index contributed by atoms with van der Waals surface area (Å²) in [7, 11) is 0. The third-order valence-electron chi connectivity index (χ3n) is 18.3. The van der Waals surface area contributed by atoms with Gasteiger partial charge in [-0.2, -0.15) is 0 Å². The fourth-order valence-corrected chi connectivity index (χ4v) is 15.1. The Hall–Kier alpha value is -1.39. The number of aliphatic hydroxyl groups is 8. The monoisotopic (exact) mass is 910 g/mol. The number of carbonyl (C=O) groups is 1. The van der Waals surface area contributed by atoms with E-state index in [0.29, 0.717) is 54.4 Å². The van der Waals surface area contributed by atoms with Crippen molar-refractivity contribution in [3.05, 3.63) is 11.6 Å². The van der Waals surface area contributed by atoms with Gasteiger partial charge >= 0.3 is 5.97 Å². The lowest BCUT2D eigenvalue weighted by atomic mass is 9.47. The highest BCUT2D eigenvalue weighted by molar-refractivity contribution is 5.66. The van der Waals surface area contributed by atoms with Gasteiger partial charge in [0, 0.05) is 25.6 Å². The van der Waals surface area contributed by atoms with E-state index in [-0.39, 0.29) is 35.0 Å². The number of ether oxygens (including phenoxy) is 7. The first-order chi connectivity index (χ1) is 30.3. The second-order valence-corrected chi connectivity index (χ2v) is 21.9. The predicted octanol–water partition coefficient (Wildman–Crippen LogP) is 0.724. The van der Waals surface area contributed by atoms with Gasteiger partial charge in [0.05, 0.1) is 24.9 Å². The van der Waals surface area contributed by atoms with E-state index in [2.05, 4.69) is 38.7 Å². The third-order valence-corrected chi connectivity index (χ3v) is 18.3. The van der Waals surface area contributed by atoms with Crippen LogP contribution in [0.15, 0.2) is 11.6 Å². The fourth-order valence-electron chi connectivity index (χ4n) is 15.1. The van der Waals surface area contributed by atoms with Crippen LogP contribution in [0, 0.1) is 46.3 Å². The average Bonchev–Trinajstić information content (AvgIpc) is 3.72. The molecule has 0 aromatic carbocycles. The van der Waals surface area contributed by atoms with E-state index in [4.69, 9.17) is 33.2 Å². The first-order valence-corrected chi connectivity index (χ1v) is 24.2. The number of hydrogen-bond donors (Lipinski definition) is 8. The summed E-state index contributed by atoms with van der Waals surface area (Å²) in [5.74, 6) is 2.95. The lowest BCUT2D eigenvalue weighted by Gasteiger charge is -2.58. The molecule has 0 radical (unpaired) electrons. The zero-order chi connectivity index (χ0) is 45.9. The van der Waals surface area contributed by atoms with Crippen LogP contribution >= 0.6 is 0 Å². The maximum Gasteiger partial charge on any atom is 0.302 e. The Balaban J connectivity index is 0.923. The number of nitrogens with zero attached hydrogens (tertiary/aromatic N) is 1. The average molecular weight is 910 g/mol. The maximum absolute atomic E-state index is 12.2. The summed E-state index contributed by atoms with van der Waals surface area (Å²) >= 11 is 0. The molecule has 17 heteroatoms. The number of carbonyl (C=O) groups excluding carboxylic acids is 1. The van der Waals surface area contributed by atoms with E-state index in [1.165, 1.54) is 39.2 Å². The second kappa shape index (κ2) is 17.8. The summed E-state index contributed by atoms with van der Waals surface area (Å²) in [6.45, 7) is 14.6. The van der Waals surface area contributed by atoms with Gasteiger partial charge in [-0.1, -0.05) is 39.3 Å². The van der Waals surface area contributed by atoms with Gasteiger partial charge in [0.15, 0.2) is 18.9 Å². The first kappa shape index (κ1) is 47.7. The molecule has 0 spiro atoms. The SMILES string of the molecule is CC(=O)OC1CC(C)CN2C3CC4C5CC=C6CC(OC7OC(CO)C(OC8OC(C)C(O)C(O)C8O)C(O)C7OC7OC(C)C(O)C(O)C7O)CCC6(C)C5CCC4(C)C3C(C)C12. The molecule has 27 atom stereocenters. The minimum absolute atomic E-state index is 0.0330. The van der Waals surface area contributed by atoms with E-state index in [9.17, 15) is 45.6 Å². The molecule has 8 fully saturated rings. The number of allylic oxidation sites excluding steroid dienone is 1. The molecule has 5 heterocycles. The topological polar surface area (TPSA) is 247 Å². The van der Waals surface area contributed by atoms with Crippen LogP contribution in [0.3, 0.4) is 0 Å². The fraction of sp³-hybridized carbons (Fsp3) is 0.936. The number of rotatable bonds is 8. The van der Waals surface area contributed by atoms with E-state index in [1.54, 1.807) is 0 Å². The van der Waals surface area contributed by atoms with Gasteiger partial charge < -0.3 is 74.0 Å². The summed E-state index contributed by atoms with van der Waals surface area (Å²) in [5.41, 5.74) is 1.52. The molecular formula is C47H75NO16. The number of hydrogen-bond acceptors (Lipinski definition) is 17. The first-order valence-electron chi connectivity index (χ1n) is 24.2. The van der Waals surface area contributed by atoms with Crippen molar-refractivity contribution < 1.29 is 78.8 Å². The van der Waals surface area contributed by atoms with Crippen LogP contribution < -0.4 is 0 Å². The molecule has 64 heavy (non-hydrogen) atoms. The van der Waals surface area contributed by atoms with Crippen LogP contribution in [0.2, 0.25) is 0 Å². The Kier molecular flexibility index (Phi) is 13.3. The quantitative estimate of drug-likeness (QED) is 0.124. The van der Waals surface area contributed by atoms with Crippen molar-refractivity contribution in [1.29, 1.82) is 0 Å². The molecule has 3 saturated carbocycles. The van der Waals surface area contributed by atoms with Crippen LogP contribution in [0.4, 0.5) is 0 Å². The van der Waals surface area contributed by atoms with Crippen molar-refractivity contribution in [2.45, 2.75) is 216 Å². The lowest BCUT2D eigenvalue weighted by molar-refractivity contribution is -0.388. The maximum atomic E-state index is 12.2. The predicted molar refractivity (Wildman–Crippen MR) is 224 cm³/mol. The lowest BCUT2D eigenvalue weighted by Crippen LogP contribution is -2.66. The van der Waals surface area contributed by atoms with E-state index < -0.39 is 98.7 Å². The van der Waals surface area contributed by atoms with E-state index >= 15 is 0 Å². The van der Waals surface area contributed by atoms with Gasteiger partial charge in [-0.25, -0.2) is 0 Å². The molecule has 4 aliphatic carbocycles. The smallest absolute Gasteiger partial charge is 0.302 e. The van der Waals surface area contributed by atoms with Crippen molar-refractivity contribution in [1.82, 2.24) is 4.90 Å². The molecule has 27 unspecified atom stereocenters. The zero-order valence-corrected chi connectivity index (χ0v) is 38.4. The molecule has 9 rings (SSSR count).